The van der Waals surface area contributed by atoms with E-state index < -0.39 is 0 Å². The highest BCUT2D eigenvalue weighted by atomic mass is 127. The second-order valence-corrected chi connectivity index (χ2v) is 5.30. The minimum absolute atomic E-state index is 0.00530. The van der Waals surface area contributed by atoms with Crippen LogP contribution in [0.15, 0.2) is 24.3 Å². The van der Waals surface area contributed by atoms with Crippen LogP contribution in [0.1, 0.15) is 6.92 Å². The van der Waals surface area contributed by atoms with Gasteiger partial charge in [0.05, 0.1) is 5.25 Å². The molecule has 1 rings (SSSR count). The van der Waals surface area contributed by atoms with Crippen LogP contribution in [0.2, 0.25) is 0 Å². The molecular weight excluding hydrogens is 309 g/mol. The molecule has 1 aromatic rings. The number of carbonyl (C=O) groups is 1. The summed E-state index contributed by atoms with van der Waals surface area (Å²) in [6, 6.07) is 7.76. The number of amides is 1. The zero-order valence-corrected chi connectivity index (χ0v) is 11.1. The zero-order chi connectivity index (χ0) is 10.6. The molecule has 1 amide bonds. The van der Waals surface area contributed by atoms with Gasteiger partial charge in [-0.3, -0.25) is 4.79 Å². The number of hydrogen-bond acceptors (Lipinski definition) is 2. The maximum atomic E-state index is 11.5. The average Bonchev–Trinajstić information content (AvgIpc) is 2.20. The fourth-order valence-electron chi connectivity index (χ4n) is 0.884. The van der Waals surface area contributed by atoms with E-state index >= 15 is 0 Å². The maximum Gasteiger partial charge on any atom is 0.237 e. The first-order valence-corrected chi connectivity index (χ1v) is 6.59. The molecule has 14 heavy (non-hydrogen) atoms. The summed E-state index contributed by atoms with van der Waals surface area (Å²) >= 11 is 3.78. The Labute approximate surface area is 102 Å². The summed E-state index contributed by atoms with van der Waals surface area (Å²) in [6.45, 7) is 1.90. The van der Waals surface area contributed by atoms with E-state index in [1.807, 2.05) is 37.4 Å². The van der Waals surface area contributed by atoms with E-state index in [9.17, 15) is 4.79 Å². The summed E-state index contributed by atoms with van der Waals surface area (Å²) in [5.41, 5.74) is 0.858. The molecular formula is C10H12INOS. The van der Waals surface area contributed by atoms with Gasteiger partial charge in [0.1, 0.15) is 0 Å². The second kappa shape index (κ2) is 5.60. The van der Waals surface area contributed by atoms with Crippen molar-refractivity contribution in [1.29, 1.82) is 0 Å². The summed E-state index contributed by atoms with van der Waals surface area (Å²) in [5.74, 6) is 0.0544. The fourth-order valence-corrected chi connectivity index (χ4v) is 1.52. The number of halogens is 1. The Morgan fingerprint density at radius 2 is 2.00 bits per heavy atom. The predicted molar refractivity (Wildman–Crippen MR) is 70.8 cm³/mol. The summed E-state index contributed by atoms with van der Waals surface area (Å²) in [4.78, 5) is 11.5. The molecule has 4 heteroatoms. The van der Waals surface area contributed by atoms with Crippen LogP contribution in [0.25, 0.3) is 0 Å². The number of benzene rings is 1. The van der Waals surface area contributed by atoms with Gasteiger partial charge in [0, 0.05) is 9.26 Å². The number of rotatable bonds is 3. The van der Waals surface area contributed by atoms with Crippen LogP contribution in [-0.2, 0) is 4.79 Å². The third kappa shape index (κ3) is 3.49. The van der Waals surface area contributed by atoms with E-state index in [1.54, 1.807) is 11.8 Å². The van der Waals surface area contributed by atoms with Crippen molar-refractivity contribution in [3.05, 3.63) is 27.8 Å². The quantitative estimate of drug-likeness (QED) is 0.867. The monoisotopic (exact) mass is 321 g/mol. The molecule has 0 aliphatic carbocycles. The number of carbonyl (C=O) groups excluding carboxylic acids is 1. The SMILES string of the molecule is CSC(C)C(=O)Nc1ccc(I)cc1. The van der Waals surface area contributed by atoms with E-state index in [4.69, 9.17) is 0 Å². The van der Waals surface area contributed by atoms with Gasteiger partial charge in [-0.05, 0) is 60.0 Å². The lowest BCUT2D eigenvalue weighted by atomic mass is 10.3. The van der Waals surface area contributed by atoms with E-state index in [1.165, 1.54) is 3.57 Å². The highest BCUT2D eigenvalue weighted by Crippen LogP contribution is 2.13. The molecule has 0 saturated carbocycles. The van der Waals surface area contributed by atoms with Crippen molar-refractivity contribution in [2.45, 2.75) is 12.2 Å². The van der Waals surface area contributed by atoms with Crippen molar-refractivity contribution in [3.63, 3.8) is 0 Å². The Balaban J connectivity index is 2.60. The number of hydrogen-bond donors (Lipinski definition) is 1. The zero-order valence-electron chi connectivity index (χ0n) is 8.08. The largest absolute Gasteiger partial charge is 0.325 e. The van der Waals surface area contributed by atoms with Crippen LogP contribution >= 0.6 is 34.4 Å². The highest BCUT2D eigenvalue weighted by molar-refractivity contribution is 14.1. The van der Waals surface area contributed by atoms with Gasteiger partial charge in [0.25, 0.3) is 0 Å². The van der Waals surface area contributed by atoms with Crippen LogP contribution < -0.4 is 5.32 Å². The number of nitrogens with one attached hydrogen (secondary N) is 1. The molecule has 0 saturated heterocycles. The Hall–Kier alpha value is -0.230. The molecule has 0 fully saturated rings. The Morgan fingerprint density at radius 3 is 2.50 bits per heavy atom. The van der Waals surface area contributed by atoms with Crippen LogP contribution in [0, 0.1) is 3.57 Å². The maximum absolute atomic E-state index is 11.5. The van der Waals surface area contributed by atoms with Crippen LogP contribution in [0.4, 0.5) is 5.69 Å². The van der Waals surface area contributed by atoms with E-state index in [0.717, 1.165) is 5.69 Å². The minimum Gasteiger partial charge on any atom is -0.325 e. The van der Waals surface area contributed by atoms with Gasteiger partial charge in [-0.25, -0.2) is 0 Å². The first-order chi connectivity index (χ1) is 6.63. The van der Waals surface area contributed by atoms with E-state index in [-0.39, 0.29) is 11.2 Å². The lowest BCUT2D eigenvalue weighted by Gasteiger charge is -2.09. The Kier molecular flexibility index (Phi) is 4.74. The average molecular weight is 321 g/mol. The second-order valence-electron chi connectivity index (χ2n) is 2.87. The molecule has 2 nitrogen and oxygen atoms in total. The number of anilines is 1. The first-order valence-electron chi connectivity index (χ1n) is 4.22. The van der Waals surface area contributed by atoms with Crippen molar-refractivity contribution in [3.8, 4) is 0 Å². The topological polar surface area (TPSA) is 29.1 Å². The molecule has 1 atom stereocenters. The minimum atomic E-state index is -0.00530. The van der Waals surface area contributed by atoms with Crippen molar-refractivity contribution in [1.82, 2.24) is 0 Å². The molecule has 1 N–H and O–H groups in total. The van der Waals surface area contributed by atoms with Gasteiger partial charge < -0.3 is 5.32 Å². The van der Waals surface area contributed by atoms with Crippen molar-refractivity contribution in [2.75, 3.05) is 11.6 Å². The van der Waals surface area contributed by atoms with Crippen LogP contribution in [-0.4, -0.2) is 17.4 Å². The van der Waals surface area contributed by atoms with Gasteiger partial charge in [-0.1, -0.05) is 0 Å². The van der Waals surface area contributed by atoms with Gasteiger partial charge in [-0.2, -0.15) is 11.8 Å². The van der Waals surface area contributed by atoms with Crippen molar-refractivity contribution < 1.29 is 4.79 Å². The van der Waals surface area contributed by atoms with Crippen molar-refractivity contribution in [2.24, 2.45) is 0 Å². The van der Waals surface area contributed by atoms with Gasteiger partial charge >= 0.3 is 0 Å². The third-order valence-electron chi connectivity index (χ3n) is 1.83. The van der Waals surface area contributed by atoms with E-state index in [0.29, 0.717) is 0 Å². The molecule has 0 aliphatic rings. The summed E-state index contributed by atoms with van der Waals surface area (Å²) in [6.07, 6.45) is 1.93. The van der Waals surface area contributed by atoms with E-state index in [2.05, 4.69) is 27.9 Å². The summed E-state index contributed by atoms with van der Waals surface area (Å²) < 4.78 is 1.17. The van der Waals surface area contributed by atoms with Crippen molar-refractivity contribution >= 4 is 45.9 Å². The summed E-state index contributed by atoms with van der Waals surface area (Å²) in [7, 11) is 0. The first kappa shape index (κ1) is 11.8. The Bertz CT molecular complexity index is 312. The summed E-state index contributed by atoms with van der Waals surface area (Å²) in [5, 5.41) is 2.85. The molecule has 0 aliphatic heterocycles. The standard InChI is InChI=1S/C10H12INOS/c1-7(14-2)10(13)12-9-5-3-8(11)4-6-9/h3-7H,1-2H3,(H,12,13). The molecule has 1 aromatic carbocycles. The molecule has 0 aromatic heterocycles. The fraction of sp³-hybridized carbons (Fsp3) is 0.300. The smallest absolute Gasteiger partial charge is 0.237 e. The normalized spacial score (nSPS) is 12.2. The molecule has 0 spiro atoms. The molecule has 76 valence electrons. The molecule has 0 heterocycles. The van der Waals surface area contributed by atoms with Gasteiger partial charge in [0.15, 0.2) is 0 Å². The van der Waals surface area contributed by atoms with Gasteiger partial charge in [-0.15, -0.1) is 0 Å². The predicted octanol–water partition coefficient (Wildman–Crippen LogP) is 2.98. The third-order valence-corrected chi connectivity index (χ3v) is 3.47. The Morgan fingerprint density at radius 1 is 1.43 bits per heavy atom. The van der Waals surface area contributed by atoms with Crippen LogP contribution in [0.3, 0.4) is 0 Å². The number of thioether (sulfide) groups is 1. The molecule has 0 bridgehead atoms. The molecule has 0 radical (unpaired) electrons. The van der Waals surface area contributed by atoms with Gasteiger partial charge in [0.2, 0.25) is 5.91 Å². The highest BCUT2D eigenvalue weighted by Gasteiger charge is 2.10. The molecule has 1 unspecified atom stereocenters. The lowest BCUT2D eigenvalue weighted by Crippen LogP contribution is -2.21. The lowest BCUT2D eigenvalue weighted by molar-refractivity contribution is -0.115. The van der Waals surface area contributed by atoms with Crippen LogP contribution in [0.5, 0.6) is 0 Å².